The molecular formula is C22H23NO. The van der Waals surface area contributed by atoms with Gasteiger partial charge in [-0.1, -0.05) is 78.9 Å². The van der Waals surface area contributed by atoms with Crippen molar-refractivity contribution in [3.8, 4) is 0 Å². The lowest BCUT2D eigenvalue weighted by Crippen LogP contribution is -2.60. The van der Waals surface area contributed by atoms with Crippen LogP contribution in [0.25, 0.3) is 6.08 Å². The number of hydrogen-bond donors (Lipinski definition) is 0. The van der Waals surface area contributed by atoms with E-state index in [1.807, 2.05) is 47.4 Å². The fraction of sp³-hybridized carbons (Fsp3) is 0.227. The molecule has 0 N–H and O–H groups in total. The third kappa shape index (κ3) is 3.18. The zero-order valence-electron chi connectivity index (χ0n) is 14.0. The fourth-order valence-electron chi connectivity index (χ4n) is 3.36. The van der Waals surface area contributed by atoms with Gasteiger partial charge in [0.1, 0.15) is 0 Å². The maximum Gasteiger partial charge on any atom is 0.229 e. The first-order valence-electron chi connectivity index (χ1n) is 8.43. The van der Waals surface area contributed by atoms with E-state index in [4.69, 9.17) is 0 Å². The van der Waals surface area contributed by atoms with E-state index in [0.717, 1.165) is 12.0 Å². The van der Waals surface area contributed by atoms with Gasteiger partial charge in [0.25, 0.3) is 0 Å². The summed E-state index contributed by atoms with van der Waals surface area (Å²) in [5, 5.41) is 0. The molecule has 3 atom stereocenters. The number of rotatable bonds is 6. The van der Waals surface area contributed by atoms with Crippen LogP contribution in [-0.2, 0) is 4.79 Å². The van der Waals surface area contributed by atoms with E-state index in [2.05, 4.69) is 49.9 Å². The van der Waals surface area contributed by atoms with Crippen molar-refractivity contribution in [2.24, 2.45) is 5.92 Å². The van der Waals surface area contributed by atoms with E-state index < -0.39 is 0 Å². The Morgan fingerprint density at radius 3 is 2.33 bits per heavy atom. The second kappa shape index (κ2) is 7.31. The Labute approximate surface area is 144 Å². The van der Waals surface area contributed by atoms with E-state index in [-0.39, 0.29) is 23.9 Å². The number of β-lactam (4-membered cyclic amide) rings is 1. The lowest BCUT2D eigenvalue weighted by Gasteiger charge is -2.49. The molecule has 2 aromatic rings. The SMILES string of the molecule is C=CCC1C(=O)N([C@H](C)c2ccccc2)[C@H]1/C=C/c1ccccc1. The topological polar surface area (TPSA) is 20.3 Å². The number of hydrogen-bond acceptors (Lipinski definition) is 1. The first-order valence-corrected chi connectivity index (χ1v) is 8.43. The Kier molecular flexibility index (Phi) is 4.95. The van der Waals surface area contributed by atoms with Crippen LogP contribution in [0.15, 0.2) is 79.4 Å². The number of allylic oxidation sites excluding steroid dienone is 1. The zero-order valence-corrected chi connectivity index (χ0v) is 14.0. The third-order valence-electron chi connectivity index (χ3n) is 4.71. The second-order valence-corrected chi connectivity index (χ2v) is 6.22. The smallest absolute Gasteiger partial charge is 0.229 e. The number of likely N-dealkylation sites (tertiary alicyclic amines) is 1. The largest absolute Gasteiger partial charge is 0.328 e. The fourth-order valence-corrected chi connectivity index (χ4v) is 3.36. The van der Waals surface area contributed by atoms with E-state index >= 15 is 0 Å². The molecule has 1 fully saturated rings. The molecule has 24 heavy (non-hydrogen) atoms. The maximum atomic E-state index is 12.6. The highest BCUT2D eigenvalue weighted by molar-refractivity contribution is 5.88. The van der Waals surface area contributed by atoms with Crippen LogP contribution in [-0.4, -0.2) is 16.8 Å². The van der Waals surface area contributed by atoms with Gasteiger partial charge in [0.15, 0.2) is 0 Å². The average molecular weight is 317 g/mol. The van der Waals surface area contributed by atoms with Crippen molar-refractivity contribution in [3.63, 3.8) is 0 Å². The summed E-state index contributed by atoms with van der Waals surface area (Å²) >= 11 is 0. The van der Waals surface area contributed by atoms with Crippen molar-refractivity contribution in [1.82, 2.24) is 4.90 Å². The average Bonchev–Trinajstić information content (AvgIpc) is 2.64. The van der Waals surface area contributed by atoms with E-state index in [1.165, 1.54) is 5.56 Å². The maximum absolute atomic E-state index is 12.6. The van der Waals surface area contributed by atoms with Gasteiger partial charge in [0.2, 0.25) is 5.91 Å². The van der Waals surface area contributed by atoms with Gasteiger partial charge >= 0.3 is 0 Å². The van der Waals surface area contributed by atoms with Gasteiger partial charge < -0.3 is 4.90 Å². The highest BCUT2D eigenvalue weighted by Gasteiger charge is 2.47. The van der Waals surface area contributed by atoms with E-state index in [1.54, 1.807) is 0 Å². The molecule has 1 amide bonds. The minimum Gasteiger partial charge on any atom is -0.328 e. The molecule has 2 heteroatoms. The third-order valence-corrected chi connectivity index (χ3v) is 4.71. The highest BCUT2D eigenvalue weighted by Crippen LogP contribution is 2.38. The van der Waals surface area contributed by atoms with Gasteiger partial charge in [0, 0.05) is 0 Å². The monoisotopic (exact) mass is 317 g/mol. The van der Waals surface area contributed by atoms with Gasteiger partial charge in [-0.2, -0.15) is 0 Å². The molecule has 1 saturated heterocycles. The first-order chi connectivity index (χ1) is 11.7. The second-order valence-electron chi connectivity index (χ2n) is 6.22. The minimum absolute atomic E-state index is 0.00799. The van der Waals surface area contributed by atoms with Crippen molar-refractivity contribution in [3.05, 3.63) is 90.5 Å². The van der Waals surface area contributed by atoms with Gasteiger partial charge in [0.05, 0.1) is 18.0 Å². The molecule has 0 bridgehead atoms. The first kappa shape index (κ1) is 16.3. The van der Waals surface area contributed by atoms with Gasteiger partial charge in [-0.25, -0.2) is 0 Å². The molecule has 0 spiro atoms. The predicted molar refractivity (Wildman–Crippen MR) is 99.3 cm³/mol. The molecule has 122 valence electrons. The normalized spacial score (nSPS) is 21.5. The van der Waals surface area contributed by atoms with Crippen molar-refractivity contribution >= 4 is 12.0 Å². The summed E-state index contributed by atoms with van der Waals surface area (Å²) in [6.45, 7) is 5.90. The molecule has 1 heterocycles. The summed E-state index contributed by atoms with van der Waals surface area (Å²) in [5.41, 5.74) is 2.32. The minimum atomic E-state index is 0.00799. The summed E-state index contributed by atoms with van der Waals surface area (Å²) in [4.78, 5) is 14.6. The molecular weight excluding hydrogens is 294 g/mol. The van der Waals surface area contributed by atoms with Crippen LogP contribution in [0.3, 0.4) is 0 Å². The quantitative estimate of drug-likeness (QED) is 0.550. The predicted octanol–water partition coefficient (Wildman–Crippen LogP) is 4.86. The summed E-state index contributed by atoms with van der Waals surface area (Å²) in [6.07, 6.45) is 6.83. The lowest BCUT2D eigenvalue weighted by molar-refractivity contribution is -0.156. The molecule has 0 radical (unpaired) electrons. The van der Waals surface area contributed by atoms with Crippen LogP contribution < -0.4 is 0 Å². The van der Waals surface area contributed by atoms with Crippen molar-refractivity contribution < 1.29 is 4.79 Å². The Morgan fingerprint density at radius 2 is 1.71 bits per heavy atom. The number of nitrogens with zero attached hydrogens (tertiary/aromatic N) is 1. The number of benzene rings is 2. The summed E-state index contributed by atoms with van der Waals surface area (Å²) in [5.74, 6) is 0.225. The van der Waals surface area contributed by atoms with Gasteiger partial charge in [-0.3, -0.25) is 4.79 Å². The van der Waals surface area contributed by atoms with Crippen molar-refractivity contribution in [2.75, 3.05) is 0 Å². The Balaban J connectivity index is 1.83. The zero-order chi connectivity index (χ0) is 16.9. The molecule has 3 rings (SSSR count). The molecule has 1 unspecified atom stereocenters. The van der Waals surface area contributed by atoms with E-state index in [0.29, 0.717) is 0 Å². The molecule has 1 aliphatic heterocycles. The van der Waals surface area contributed by atoms with Crippen molar-refractivity contribution in [2.45, 2.75) is 25.4 Å². The number of carbonyl (C=O) groups excluding carboxylic acids is 1. The Morgan fingerprint density at radius 1 is 1.08 bits per heavy atom. The number of amides is 1. The molecule has 0 saturated carbocycles. The summed E-state index contributed by atoms with van der Waals surface area (Å²) in [6, 6.07) is 20.6. The Hall–Kier alpha value is -2.61. The van der Waals surface area contributed by atoms with Gasteiger partial charge in [-0.05, 0) is 24.5 Å². The van der Waals surface area contributed by atoms with Crippen LogP contribution in [0.4, 0.5) is 0 Å². The van der Waals surface area contributed by atoms with Crippen LogP contribution in [0.5, 0.6) is 0 Å². The highest BCUT2D eigenvalue weighted by atomic mass is 16.2. The molecule has 0 aliphatic carbocycles. The molecule has 2 nitrogen and oxygen atoms in total. The molecule has 2 aromatic carbocycles. The van der Waals surface area contributed by atoms with Gasteiger partial charge in [-0.15, -0.1) is 6.58 Å². The lowest BCUT2D eigenvalue weighted by atomic mass is 9.81. The van der Waals surface area contributed by atoms with Crippen molar-refractivity contribution in [1.29, 1.82) is 0 Å². The van der Waals surface area contributed by atoms with Crippen LogP contribution in [0.2, 0.25) is 0 Å². The van der Waals surface area contributed by atoms with Crippen LogP contribution in [0.1, 0.15) is 30.5 Å². The summed E-state index contributed by atoms with van der Waals surface area (Å²) in [7, 11) is 0. The Bertz CT molecular complexity index is 720. The molecule has 0 aromatic heterocycles. The van der Waals surface area contributed by atoms with Crippen LogP contribution in [0, 0.1) is 5.92 Å². The summed E-state index contributed by atoms with van der Waals surface area (Å²) < 4.78 is 0. The van der Waals surface area contributed by atoms with Crippen LogP contribution >= 0.6 is 0 Å². The van der Waals surface area contributed by atoms with E-state index in [9.17, 15) is 4.79 Å². The standard InChI is InChI=1S/C22H23NO/c1-3-10-20-21(16-15-18-11-6-4-7-12-18)23(22(20)24)17(2)19-13-8-5-9-14-19/h3-9,11-17,20-21H,1,10H2,2H3/b16-15+/t17-,20?,21+/m1/s1. The molecule has 1 aliphatic rings. The number of carbonyl (C=O) groups is 1.